The lowest BCUT2D eigenvalue weighted by Gasteiger charge is -2.16. The Hall–Kier alpha value is -1.64. The molecule has 0 aliphatic heterocycles. The zero-order chi connectivity index (χ0) is 13.8. The van der Waals surface area contributed by atoms with Crippen molar-refractivity contribution in [2.24, 2.45) is 0 Å². The molecule has 2 aromatic carbocycles. The molecule has 0 saturated carbocycles. The van der Waals surface area contributed by atoms with Gasteiger partial charge in [0.25, 0.3) is 0 Å². The van der Waals surface area contributed by atoms with Crippen molar-refractivity contribution in [2.75, 3.05) is 6.54 Å². The van der Waals surface area contributed by atoms with Crippen molar-refractivity contribution in [1.29, 1.82) is 0 Å². The van der Waals surface area contributed by atoms with Gasteiger partial charge in [-0.15, -0.1) is 11.3 Å². The summed E-state index contributed by atoms with van der Waals surface area (Å²) in [5, 5.41) is 8.45. The van der Waals surface area contributed by atoms with E-state index in [9.17, 15) is 0 Å². The fourth-order valence-electron chi connectivity index (χ4n) is 2.60. The van der Waals surface area contributed by atoms with Crippen LogP contribution in [0.5, 0.6) is 0 Å². The number of nitrogens with one attached hydrogen (secondary N) is 1. The Balaban J connectivity index is 1.70. The summed E-state index contributed by atoms with van der Waals surface area (Å²) in [5.74, 6) is 0. The third-order valence-corrected chi connectivity index (χ3v) is 4.63. The summed E-state index contributed by atoms with van der Waals surface area (Å²) < 4.78 is 0. The predicted molar refractivity (Wildman–Crippen MR) is 88.4 cm³/mol. The van der Waals surface area contributed by atoms with Gasteiger partial charge < -0.3 is 5.32 Å². The lowest BCUT2D eigenvalue weighted by atomic mass is 10.00. The topological polar surface area (TPSA) is 12.0 Å². The second-order valence-electron chi connectivity index (χ2n) is 5.07. The third kappa shape index (κ3) is 2.92. The maximum atomic E-state index is 3.64. The number of hydrogen-bond donors (Lipinski definition) is 1. The molecule has 1 nitrogen and oxygen atoms in total. The molecule has 0 amide bonds. The van der Waals surface area contributed by atoms with Gasteiger partial charge >= 0.3 is 0 Å². The molecule has 0 aliphatic rings. The van der Waals surface area contributed by atoms with Crippen LogP contribution in [0.15, 0.2) is 60.0 Å². The second kappa shape index (κ2) is 6.21. The first-order valence-corrected chi connectivity index (χ1v) is 7.96. The monoisotopic (exact) mass is 281 g/mol. The van der Waals surface area contributed by atoms with Gasteiger partial charge in [0.05, 0.1) is 0 Å². The Kier molecular flexibility index (Phi) is 4.14. The Morgan fingerprint density at radius 3 is 2.70 bits per heavy atom. The van der Waals surface area contributed by atoms with E-state index in [0.717, 1.165) is 13.0 Å². The Bertz CT molecular complexity index is 667. The van der Waals surface area contributed by atoms with Crippen molar-refractivity contribution in [1.82, 2.24) is 5.32 Å². The van der Waals surface area contributed by atoms with E-state index >= 15 is 0 Å². The lowest BCUT2D eigenvalue weighted by Crippen LogP contribution is -2.21. The second-order valence-corrected chi connectivity index (χ2v) is 6.11. The van der Waals surface area contributed by atoms with Crippen molar-refractivity contribution in [3.63, 3.8) is 0 Å². The van der Waals surface area contributed by atoms with Crippen LogP contribution in [0.1, 0.15) is 23.4 Å². The molecular weight excluding hydrogens is 262 g/mol. The van der Waals surface area contributed by atoms with Crippen LogP contribution in [0.3, 0.4) is 0 Å². The molecular formula is C18H19NS. The largest absolute Gasteiger partial charge is 0.310 e. The number of rotatable bonds is 5. The van der Waals surface area contributed by atoms with E-state index in [1.807, 2.05) is 11.3 Å². The molecule has 0 saturated heterocycles. The van der Waals surface area contributed by atoms with Gasteiger partial charge in [0.1, 0.15) is 0 Å². The molecule has 0 radical (unpaired) electrons. The highest BCUT2D eigenvalue weighted by Crippen LogP contribution is 2.24. The molecule has 0 fully saturated rings. The van der Waals surface area contributed by atoms with E-state index in [1.165, 1.54) is 21.2 Å². The van der Waals surface area contributed by atoms with Crippen LogP contribution in [0.4, 0.5) is 0 Å². The van der Waals surface area contributed by atoms with Gasteiger partial charge in [-0.1, -0.05) is 48.5 Å². The maximum absolute atomic E-state index is 3.64. The summed E-state index contributed by atoms with van der Waals surface area (Å²) in [5.41, 5.74) is 1.38. The van der Waals surface area contributed by atoms with Gasteiger partial charge in [0.2, 0.25) is 0 Å². The summed E-state index contributed by atoms with van der Waals surface area (Å²) >= 11 is 1.83. The molecule has 3 aromatic rings. The van der Waals surface area contributed by atoms with Gasteiger partial charge in [0, 0.05) is 17.5 Å². The Labute approximate surface area is 124 Å². The number of fused-ring (bicyclic) bond motifs is 1. The van der Waals surface area contributed by atoms with Crippen LogP contribution < -0.4 is 5.32 Å². The summed E-state index contributed by atoms with van der Waals surface area (Å²) in [7, 11) is 0. The molecule has 1 N–H and O–H groups in total. The molecule has 0 aliphatic carbocycles. The highest BCUT2D eigenvalue weighted by atomic mass is 32.1. The van der Waals surface area contributed by atoms with Crippen LogP contribution in [0.25, 0.3) is 10.8 Å². The normalized spacial score (nSPS) is 12.7. The molecule has 1 aromatic heterocycles. The Morgan fingerprint density at radius 2 is 1.85 bits per heavy atom. The molecule has 1 heterocycles. The minimum atomic E-state index is 0.376. The first-order valence-electron chi connectivity index (χ1n) is 7.08. The van der Waals surface area contributed by atoms with Crippen LogP contribution in [0.2, 0.25) is 0 Å². The summed E-state index contributed by atoms with van der Waals surface area (Å²) in [6.45, 7) is 3.26. The predicted octanol–water partition coefficient (Wildman–Crippen LogP) is 4.79. The molecule has 0 bridgehead atoms. The van der Waals surface area contributed by atoms with Gasteiger partial charge in [-0.25, -0.2) is 0 Å². The van der Waals surface area contributed by atoms with Crippen molar-refractivity contribution < 1.29 is 0 Å². The Morgan fingerprint density at radius 1 is 1.00 bits per heavy atom. The van der Waals surface area contributed by atoms with E-state index in [0.29, 0.717) is 6.04 Å². The van der Waals surface area contributed by atoms with Crippen molar-refractivity contribution in [3.05, 3.63) is 70.4 Å². The summed E-state index contributed by atoms with van der Waals surface area (Å²) in [4.78, 5) is 1.45. The van der Waals surface area contributed by atoms with E-state index in [-0.39, 0.29) is 0 Å². The minimum absolute atomic E-state index is 0.376. The summed E-state index contributed by atoms with van der Waals surface area (Å²) in [6, 6.07) is 19.9. The average Bonchev–Trinajstić information content (AvgIpc) is 3.00. The number of thiophene rings is 1. The molecule has 2 heteroatoms. The number of benzene rings is 2. The van der Waals surface area contributed by atoms with Crippen molar-refractivity contribution >= 4 is 22.1 Å². The van der Waals surface area contributed by atoms with Crippen molar-refractivity contribution in [3.8, 4) is 0 Å². The average molecular weight is 281 g/mol. The third-order valence-electron chi connectivity index (χ3n) is 3.69. The van der Waals surface area contributed by atoms with E-state index < -0.39 is 0 Å². The standard InChI is InChI=1S/C18H19NS/c1-14(19-12-11-16-8-5-13-20-16)17-10-4-7-15-6-2-3-9-18(15)17/h2-10,13-14,19H,11-12H2,1H3. The van der Waals surface area contributed by atoms with Gasteiger partial charge in [0.15, 0.2) is 0 Å². The quantitative estimate of drug-likeness (QED) is 0.708. The molecule has 20 heavy (non-hydrogen) atoms. The van der Waals surface area contributed by atoms with Gasteiger partial charge in [-0.05, 0) is 41.1 Å². The van der Waals surface area contributed by atoms with Crippen molar-refractivity contribution in [2.45, 2.75) is 19.4 Å². The summed E-state index contributed by atoms with van der Waals surface area (Å²) in [6.07, 6.45) is 1.10. The highest BCUT2D eigenvalue weighted by Gasteiger charge is 2.08. The van der Waals surface area contributed by atoms with Crippen LogP contribution in [-0.2, 0) is 6.42 Å². The molecule has 0 spiro atoms. The van der Waals surface area contributed by atoms with Crippen LogP contribution in [-0.4, -0.2) is 6.54 Å². The molecule has 1 unspecified atom stereocenters. The fourth-order valence-corrected chi connectivity index (χ4v) is 3.31. The smallest absolute Gasteiger partial charge is 0.0298 e. The van der Waals surface area contributed by atoms with E-state index in [2.05, 4.69) is 72.2 Å². The van der Waals surface area contributed by atoms with E-state index in [1.54, 1.807) is 0 Å². The SMILES string of the molecule is CC(NCCc1cccs1)c1cccc2ccccc12. The minimum Gasteiger partial charge on any atom is -0.310 e. The lowest BCUT2D eigenvalue weighted by molar-refractivity contribution is 0.582. The first-order chi connectivity index (χ1) is 9.84. The van der Waals surface area contributed by atoms with Gasteiger partial charge in [-0.3, -0.25) is 0 Å². The van der Waals surface area contributed by atoms with Crippen LogP contribution in [0, 0.1) is 0 Å². The first kappa shape index (κ1) is 13.3. The van der Waals surface area contributed by atoms with Crippen LogP contribution >= 0.6 is 11.3 Å². The number of hydrogen-bond acceptors (Lipinski definition) is 2. The maximum Gasteiger partial charge on any atom is 0.0298 e. The fraction of sp³-hybridized carbons (Fsp3) is 0.222. The molecule has 1 atom stereocenters. The van der Waals surface area contributed by atoms with E-state index in [4.69, 9.17) is 0 Å². The van der Waals surface area contributed by atoms with Gasteiger partial charge in [-0.2, -0.15) is 0 Å². The highest BCUT2D eigenvalue weighted by molar-refractivity contribution is 7.09. The molecule has 102 valence electrons. The zero-order valence-corrected chi connectivity index (χ0v) is 12.5. The molecule has 3 rings (SSSR count). The zero-order valence-electron chi connectivity index (χ0n) is 11.7.